The standard InChI is InChI=1S/C22H19F3N2O2/c1-14(21(29)27-18-11-9-17(10-12-18)22(23,24)25)26-20(28)13-16-7-4-6-15-5-2-3-8-19(15)16/h2-12,14H,13H2,1H3,(H,26,28)(H,27,29)/t14-/m1/s1. The Kier molecular flexibility index (Phi) is 5.87. The lowest BCUT2D eigenvalue weighted by atomic mass is 10.0. The molecule has 150 valence electrons. The quantitative estimate of drug-likeness (QED) is 0.660. The van der Waals surface area contributed by atoms with Crippen LogP contribution < -0.4 is 10.6 Å². The van der Waals surface area contributed by atoms with Crippen molar-refractivity contribution in [2.75, 3.05) is 5.32 Å². The number of benzene rings is 3. The molecule has 0 unspecified atom stereocenters. The maximum atomic E-state index is 12.6. The maximum Gasteiger partial charge on any atom is 0.416 e. The Morgan fingerprint density at radius 2 is 1.59 bits per heavy atom. The molecule has 0 aliphatic rings. The lowest BCUT2D eigenvalue weighted by Gasteiger charge is -2.15. The van der Waals surface area contributed by atoms with Gasteiger partial charge in [-0.15, -0.1) is 0 Å². The zero-order valence-corrected chi connectivity index (χ0v) is 15.6. The van der Waals surface area contributed by atoms with Crippen molar-refractivity contribution in [2.24, 2.45) is 0 Å². The van der Waals surface area contributed by atoms with Crippen LogP contribution in [-0.2, 0) is 22.2 Å². The second kappa shape index (κ2) is 8.34. The summed E-state index contributed by atoms with van der Waals surface area (Å²) >= 11 is 0. The second-order valence-corrected chi connectivity index (χ2v) is 6.67. The summed E-state index contributed by atoms with van der Waals surface area (Å²) in [5.74, 6) is -0.840. The van der Waals surface area contributed by atoms with Gasteiger partial charge in [0.2, 0.25) is 11.8 Å². The number of amides is 2. The SMILES string of the molecule is C[C@@H](NC(=O)Cc1cccc2ccccc12)C(=O)Nc1ccc(C(F)(F)F)cc1. The van der Waals surface area contributed by atoms with Gasteiger partial charge in [0.15, 0.2) is 0 Å². The number of hydrogen-bond acceptors (Lipinski definition) is 2. The Balaban J connectivity index is 1.59. The van der Waals surface area contributed by atoms with E-state index in [0.29, 0.717) is 0 Å². The molecule has 0 fully saturated rings. The van der Waals surface area contributed by atoms with Gasteiger partial charge in [0.05, 0.1) is 12.0 Å². The van der Waals surface area contributed by atoms with E-state index in [2.05, 4.69) is 10.6 Å². The minimum absolute atomic E-state index is 0.110. The van der Waals surface area contributed by atoms with Gasteiger partial charge in [0, 0.05) is 5.69 Å². The van der Waals surface area contributed by atoms with Crippen molar-refractivity contribution in [3.63, 3.8) is 0 Å². The molecule has 0 bridgehead atoms. The molecular formula is C22H19F3N2O2. The zero-order chi connectivity index (χ0) is 21.0. The van der Waals surface area contributed by atoms with Crippen molar-refractivity contribution in [2.45, 2.75) is 25.6 Å². The summed E-state index contributed by atoms with van der Waals surface area (Å²) in [7, 11) is 0. The molecular weight excluding hydrogens is 381 g/mol. The van der Waals surface area contributed by atoms with Gasteiger partial charge in [-0.1, -0.05) is 42.5 Å². The topological polar surface area (TPSA) is 58.2 Å². The number of halogens is 3. The van der Waals surface area contributed by atoms with Crippen molar-refractivity contribution < 1.29 is 22.8 Å². The van der Waals surface area contributed by atoms with Gasteiger partial charge < -0.3 is 10.6 Å². The Bertz CT molecular complexity index is 1020. The first-order chi connectivity index (χ1) is 13.7. The number of carbonyl (C=O) groups is 2. The highest BCUT2D eigenvalue weighted by Crippen LogP contribution is 2.29. The van der Waals surface area contributed by atoms with Gasteiger partial charge in [-0.25, -0.2) is 0 Å². The van der Waals surface area contributed by atoms with E-state index in [0.717, 1.165) is 28.5 Å². The van der Waals surface area contributed by atoms with E-state index in [-0.39, 0.29) is 18.0 Å². The number of hydrogen-bond donors (Lipinski definition) is 2. The van der Waals surface area contributed by atoms with Crippen LogP contribution in [0.3, 0.4) is 0 Å². The third kappa shape index (κ3) is 5.13. The summed E-state index contributed by atoms with van der Waals surface area (Å²) < 4.78 is 37.8. The van der Waals surface area contributed by atoms with Crippen LogP contribution in [0.4, 0.5) is 18.9 Å². The van der Waals surface area contributed by atoms with Gasteiger partial charge in [-0.05, 0) is 47.5 Å². The van der Waals surface area contributed by atoms with Crippen molar-refractivity contribution in [3.8, 4) is 0 Å². The Morgan fingerprint density at radius 1 is 0.931 bits per heavy atom. The van der Waals surface area contributed by atoms with Gasteiger partial charge in [0.25, 0.3) is 0 Å². The summed E-state index contributed by atoms with van der Waals surface area (Å²) in [4.78, 5) is 24.6. The molecule has 4 nitrogen and oxygen atoms in total. The summed E-state index contributed by atoms with van der Waals surface area (Å²) in [5, 5.41) is 7.10. The molecule has 1 atom stereocenters. The van der Waals surface area contributed by atoms with Crippen LogP contribution in [0.2, 0.25) is 0 Å². The maximum absolute atomic E-state index is 12.6. The Labute approximate surface area is 165 Å². The van der Waals surface area contributed by atoms with Crippen LogP contribution in [0.25, 0.3) is 10.8 Å². The first-order valence-corrected chi connectivity index (χ1v) is 8.98. The van der Waals surface area contributed by atoms with Crippen LogP contribution in [0.5, 0.6) is 0 Å². The smallest absolute Gasteiger partial charge is 0.344 e. The fourth-order valence-corrected chi connectivity index (χ4v) is 2.97. The Morgan fingerprint density at radius 3 is 2.28 bits per heavy atom. The van der Waals surface area contributed by atoms with Gasteiger partial charge in [0.1, 0.15) is 6.04 Å². The first kappa shape index (κ1) is 20.4. The van der Waals surface area contributed by atoms with Gasteiger partial charge in [-0.2, -0.15) is 13.2 Å². The van der Waals surface area contributed by atoms with Crippen LogP contribution in [0.1, 0.15) is 18.1 Å². The number of rotatable bonds is 5. The molecule has 2 N–H and O–H groups in total. The summed E-state index contributed by atoms with van der Waals surface area (Å²) in [6, 6.07) is 16.6. The number of carbonyl (C=O) groups excluding carboxylic acids is 2. The van der Waals surface area contributed by atoms with Crippen LogP contribution in [-0.4, -0.2) is 17.9 Å². The average molecular weight is 400 g/mol. The minimum atomic E-state index is -4.44. The summed E-state index contributed by atoms with van der Waals surface area (Å²) in [6.07, 6.45) is -4.33. The first-order valence-electron chi connectivity index (χ1n) is 8.98. The number of alkyl halides is 3. The number of fused-ring (bicyclic) bond motifs is 1. The third-order valence-electron chi connectivity index (χ3n) is 4.48. The zero-order valence-electron chi connectivity index (χ0n) is 15.6. The van der Waals surface area contributed by atoms with E-state index in [4.69, 9.17) is 0 Å². The van der Waals surface area contributed by atoms with Gasteiger partial charge in [-0.3, -0.25) is 9.59 Å². The molecule has 0 radical (unpaired) electrons. The predicted octanol–water partition coefficient (Wildman–Crippen LogP) is 4.54. The Hall–Kier alpha value is -3.35. The molecule has 3 aromatic carbocycles. The van der Waals surface area contributed by atoms with E-state index in [9.17, 15) is 22.8 Å². The van der Waals surface area contributed by atoms with Crippen LogP contribution >= 0.6 is 0 Å². The third-order valence-corrected chi connectivity index (χ3v) is 4.48. The van der Waals surface area contributed by atoms with E-state index in [1.165, 1.54) is 19.1 Å². The molecule has 0 aliphatic heterocycles. The van der Waals surface area contributed by atoms with E-state index < -0.39 is 23.7 Å². The van der Waals surface area contributed by atoms with Crippen molar-refractivity contribution in [3.05, 3.63) is 77.9 Å². The molecule has 0 aliphatic carbocycles. The van der Waals surface area contributed by atoms with Crippen molar-refractivity contribution in [1.29, 1.82) is 0 Å². The highest BCUT2D eigenvalue weighted by Gasteiger charge is 2.30. The molecule has 2 amide bonds. The molecule has 0 heterocycles. The molecule has 3 rings (SSSR count). The van der Waals surface area contributed by atoms with E-state index in [1.54, 1.807) is 0 Å². The molecule has 0 spiro atoms. The molecule has 0 saturated heterocycles. The number of nitrogens with one attached hydrogen (secondary N) is 2. The number of anilines is 1. The van der Waals surface area contributed by atoms with E-state index in [1.807, 2.05) is 42.5 Å². The normalized spacial score (nSPS) is 12.4. The minimum Gasteiger partial charge on any atom is -0.344 e. The lowest BCUT2D eigenvalue weighted by molar-refractivity contribution is -0.137. The summed E-state index contributed by atoms with van der Waals surface area (Å²) in [5.41, 5.74) is 0.265. The molecule has 3 aromatic rings. The highest BCUT2D eigenvalue weighted by atomic mass is 19.4. The second-order valence-electron chi connectivity index (χ2n) is 6.67. The average Bonchev–Trinajstić information content (AvgIpc) is 2.68. The lowest BCUT2D eigenvalue weighted by Crippen LogP contribution is -2.42. The van der Waals surface area contributed by atoms with Crippen molar-refractivity contribution >= 4 is 28.3 Å². The largest absolute Gasteiger partial charge is 0.416 e. The van der Waals surface area contributed by atoms with Crippen molar-refractivity contribution in [1.82, 2.24) is 5.32 Å². The molecule has 7 heteroatoms. The molecule has 29 heavy (non-hydrogen) atoms. The van der Waals surface area contributed by atoms with Crippen LogP contribution in [0, 0.1) is 0 Å². The predicted molar refractivity (Wildman–Crippen MR) is 105 cm³/mol. The monoisotopic (exact) mass is 400 g/mol. The fraction of sp³-hybridized carbons (Fsp3) is 0.182. The molecule has 0 aromatic heterocycles. The van der Waals surface area contributed by atoms with E-state index >= 15 is 0 Å². The summed E-state index contributed by atoms with van der Waals surface area (Å²) in [6.45, 7) is 1.51. The highest BCUT2D eigenvalue weighted by molar-refractivity contribution is 5.97. The molecule has 0 saturated carbocycles. The van der Waals surface area contributed by atoms with Gasteiger partial charge >= 0.3 is 6.18 Å². The van der Waals surface area contributed by atoms with Crippen LogP contribution in [0.15, 0.2) is 66.7 Å². The fourth-order valence-electron chi connectivity index (χ4n) is 2.97.